The van der Waals surface area contributed by atoms with Gasteiger partial charge in [0, 0.05) is 24.2 Å². The Labute approximate surface area is 291 Å². The first-order chi connectivity index (χ1) is 23.9. The van der Waals surface area contributed by atoms with Gasteiger partial charge in [-0.1, -0.05) is 6.07 Å². The molecule has 4 aromatic rings. The number of fused-ring (bicyclic) bond motifs is 1. The van der Waals surface area contributed by atoms with Gasteiger partial charge >= 0.3 is 23.3 Å². The number of piperazine rings is 1. The lowest BCUT2D eigenvalue weighted by molar-refractivity contribution is -0.385. The summed E-state index contributed by atoms with van der Waals surface area (Å²) in [4.78, 5) is 60.3. The fourth-order valence-electron chi connectivity index (χ4n) is 6.22. The smallest absolute Gasteiger partial charge is 0.410 e. The summed E-state index contributed by atoms with van der Waals surface area (Å²) in [5.41, 5.74) is -4.24. The largest absolute Gasteiger partial charge is 0.496 e. The molecule has 4 heterocycles. The van der Waals surface area contributed by atoms with Crippen molar-refractivity contribution in [2.75, 3.05) is 32.2 Å². The monoisotopic (exact) mass is 711 g/mol. The quantitative estimate of drug-likeness (QED) is 0.138. The Balaban J connectivity index is 1.91. The zero-order valence-corrected chi connectivity index (χ0v) is 29.7. The van der Waals surface area contributed by atoms with Crippen LogP contribution in [0.4, 0.5) is 25.0 Å². The van der Waals surface area contributed by atoms with Gasteiger partial charge in [0.15, 0.2) is 11.5 Å². The van der Waals surface area contributed by atoms with E-state index in [-0.39, 0.29) is 47.3 Å². The van der Waals surface area contributed by atoms with Crippen LogP contribution in [-0.2, 0) is 14.3 Å². The molecule has 0 radical (unpaired) electrons. The number of hydrogen-bond acceptors (Lipinski definition) is 11. The number of methoxy groups -OCH3 is 2. The molecule has 0 saturated carbocycles. The number of amides is 1. The zero-order chi connectivity index (χ0) is 37.7. The Bertz CT molecular complexity index is 2110. The van der Waals surface area contributed by atoms with Gasteiger partial charge in [-0.3, -0.25) is 14.9 Å². The normalized spacial score (nSPS) is 16.5. The maximum Gasteiger partial charge on any atom is 0.410 e. The van der Waals surface area contributed by atoms with Crippen LogP contribution >= 0.6 is 0 Å². The maximum atomic E-state index is 16.4. The number of hydrogen-bond donors (Lipinski definition) is 0. The molecule has 3 aromatic heterocycles. The molecule has 15 nitrogen and oxygen atoms in total. The number of carbonyl (C=O) groups is 2. The van der Waals surface area contributed by atoms with E-state index >= 15 is 8.78 Å². The van der Waals surface area contributed by atoms with Crippen LogP contribution < -0.4 is 15.2 Å². The maximum absolute atomic E-state index is 16.4. The predicted octanol–water partition coefficient (Wildman–Crippen LogP) is 5.32. The van der Waals surface area contributed by atoms with Crippen molar-refractivity contribution in [3.8, 4) is 22.8 Å². The standard InChI is InChI=1S/C34H39F2N7O8/c1-17(2)42-30(18(3)14-37-42)41-29-20(13-22(36)26(38-29)25-21(35)11-10-12-24(25)49-8)27(28(31(41)44)43(47)48)40-15-19(4)39(16-23(40)32(45)50-9)33(46)51-34(5,6)7/h10-14,17,19,23H,15-16H2,1-9H3/t19-,23-/m1/s1. The molecule has 272 valence electrons. The van der Waals surface area contributed by atoms with E-state index < -0.39 is 68.9 Å². The summed E-state index contributed by atoms with van der Waals surface area (Å²) in [7, 11) is 2.37. The number of nitrogens with zero attached hydrogens (tertiary/aromatic N) is 7. The summed E-state index contributed by atoms with van der Waals surface area (Å²) in [6.07, 6.45) is 0.717. The Morgan fingerprint density at radius 3 is 2.39 bits per heavy atom. The van der Waals surface area contributed by atoms with Crippen LogP contribution in [0.15, 0.2) is 35.3 Å². The molecular weight excluding hydrogens is 672 g/mol. The molecule has 1 amide bonds. The summed E-state index contributed by atoms with van der Waals surface area (Å²) in [6, 6.07) is 2.27. The molecule has 0 N–H and O–H groups in total. The fraction of sp³-hybridized carbons (Fsp3) is 0.441. The highest BCUT2D eigenvalue weighted by molar-refractivity contribution is 5.99. The second-order valence-electron chi connectivity index (χ2n) is 13.5. The first-order valence-corrected chi connectivity index (χ1v) is 16.1. The highest BCUT2D eigenvalue weighted by Crippen LogP contribution is 2.41. The van der Waals surface area contributed by atoms with Crippen molar-refractivity contribution in [3.05, 3.63) is 68.1 Å². The number of nitro groups is 1. The summed E-state index contributed by atoms with van der Waals surface area (Å²) >= 11 is 0. The van der Waals surface area contributed by atoms with Gasteiger partial charge in [0.1, 0.15) is 40.4 Å². The van der Waals surface area contributed by atoms with E-state index in [0.717, 1.165) is 23.8 Å². The number of aromatic nitrogens is 4. The minimum absolute atomic E-state index is 0.0574. The summed E-state index contributed by atoms with van der Waals surface area (Å²) in [5.74, 6) is -2.82. The fourth-order valence-corrected chi connectivity index (χ4v) is 6.22. The number of carbonyl (C=O) groups excluding carboxylic acids is 2. The molecule has 0 unspecified atom stereocenters. The summed E-state index contributed by atoms with van der Waals surface area (Å²) < 4.78 is 50.1. The van der Waals surface area contributed by atoms with Gasteiger partial charge in [0.25, 0.3) is 0 Å². The van der Waals surface area contributed by atoms with E-state index in [1.165, 1.54) is 39.9 Å². The first-order valence-electron chi connectivity index (χ1n) is 16.1. The van der Waals surface area contributed by atoms with Crippen molar-refractivity contribution in [1.29, 1.82) is 0 Å². The zero-order valence-electron chi connectivity index (χ0n) is 29.7. The summed E-state index contributed by atoms with van der Waals surface area (Å²) in [5, 5.41) is 17.1. The van der Waals surface area contributed by atoms with Gasteiger partial charge in [-0.05, 0) is 66.7 Å². The molecule has 51 heavy (non-hydrogen) atoms. The first kappa shape index (κ1) is 36.7. The average Bonchev–Trinajstić information content (AvgIpc) is 3.43. The van der Waals surface area contributed by atoms with Crippen molar-refractivity contribution in [2.45, 2.75) is 72.2 Å². The van der Waals surface area contributed by atoms with Crippen LogP contribution in [0.3, 0.4) is 0 Å². The molecule has 1 aromatic carbocycles. The average molecular weight is 712 g/mol. The lowest BCUT2D eigenvalue weighted by atomic mass is 10.0. The lowest BCUT2D eigenvalue weighted by Gasteiger charge is -2.44. The number of aryl methyl sites for hydroxylation is 1. The second-order valence-corrected chi connectivity index (χ2v) is 13.5. The van der Waals surface area contributed by atoms with E-state index in [2.05, 4.69) is 10.1 Å². The molecule has 0 aliphatic carbocycles. The summed E-state index contributed by atoms with van der Waals surface area (Å²) in [6.45, 7) is 11.2. The van der Waals surface area contributed by atoms with Crippen LogP contribution in [0.25, 0.3) is 28.1 Å². The number of rotatable bonds is 7. The Morgan fingerprint density at radius 1 is 1.12 bits per heavy atom. The van der Waals surface area contributed by atoms with Crippen LogP contribution in [0.2, 0.25) is 0 Å². The molecule has 1 aliphatic rings. The Kier molecular flexibility index (Phi) is 9.78. The van der Waals surface area contributed by atoms with E-state index in [1.807, 2.05) is 0 Å². The number of halogens is 2. The van der Waals surface area contributed by atoms with Gasteiger partial charge in [0.05, 0.1) is 42.8 Å². The van der Waals surface area contributed by atoms with Crippen LogP contribution in [0.5, 0.6) is 5.75 Å². The van der Waals surface area contributed by atoms with Crippen molar-refractivity contribution in [3.63, 3.8) is 0 Å². The van der Waals surface area contributed by atoms with Crippen LogP contribution in [0.1, 0.15) is 53.1 Å². The lowest BCUT2D eigenvalue weighted by Crippen LogP contribution is -2.62. The van der Waals surface area contributed by atoms with Gasteiger partial charge in [-0.25, -0.2) is 32.6 Å². The van der Waals surface area contributed by atoms with E-state index in [9.17, 15) is 24.5 Å². The van der Waals surface area contributed by atoms with Gasteiger partial charge < -0.3 is 24.0 Å². The molecule has 5 rings (SSSR count). The third-order valence-electron chi connectivity index (χ3n) is 8.44. The minimum atomic E-state index is -1.41. The van der Waals surface area contributed by atoms with Crippen molar-refractivity contribution in [1.82, 2.24) is 24.2 Å². The van der Waals surface area contributed by atoms with Crippen molar-refractivity contribution >= 4 is 34.5 Å². The van der Waals surface area contributed by atoms with Gasteiger partial charge in [-0.15, -0.1) is 0 Å². The number of pyridine rings is 2. The number of anilines is 1. The highest BCUT2D eigenvalue weighted by atomic mass is 19.1. The van der Waals surface area contributed by atoms with E-state index in [0.29, 0.717) is 5.56 Å². The topological polar surface area (TPSA) is 164 Å². The van der Waals surface area contributed by atoms with E-state index in [1.54, 1.807) is 48.5 Å². The molecular formula is C34H39F2N7O8. The SMILES string of the molecule is COC(=O)[C@H]1CN(C(=O)OC(C)(C)C)[C@H](C)CN1c1c([N+](=O)[O-])c(=O)n(-c2c(C)cnn2C(C)C)c2nc(-c3c(F)cccc3OC)c(F)cc12. The third-order valence-corrected chi connectivity index (χ3v) is 8.44. The second kappa shape index (κ2) is 13.6. The number of ether oxygens (including phenoxy) is 3. The molecule has 2 atom stereocenters. The molecule has 0 spiro atoms. The molecule has 17 heteroatoms. The predicted molar refractivity (Wildman–Crippen MR) is 182 cm³/mol. The molecule has 1 aliphatic heterocycles. The van der Waals surface area contributed by atoms with Crippen molar-refractivity contribution in [2.24, 2.45) is 0 Å². The molecule has 1 fully saturated rings. The highest BCUT2D eigenvalue weighted by Gasteiger charge is 2.45. The number of benzene rings is 1. The van der Waals surface area contributed by atoms with Crippen LogP contribution in [-0.4, -0.2) is 86.2 Å². The molecule has 1 saturated heterocycles. The molecule has 0 bridgehead atoms. The van der Waals surface area contributed by atoms with E-state index in [4.69, 9.17) is 14.2 Å². The van der Waals surface area contributed by atoms with Crippen molar-refractivity contribution < 1.29 is 37.5 Å². The minimum Gasteiger partial charge on any atom is -0.496 e. The number of esters is 1. The van der Waals surface area contributed by atoms with Gasteiger partial charge in [-0.2, -0.15) is 5.10 Å². The third kappa shape index (κ3) is 6.55. The van der Waals surface area contributed by atoms with Crippen LogP contribution in [0, 0.1) is 28.7 Å². The Hall–Kier alpha value is -5.61. The van der Waals surface area contributed by atoms with Gasteiger partial charge in [0.2, 0.25) is 0 Å². The Morgan fingerprint density at radius 2 is 1.80 bits per heavy atom.